The minimum atomic E-state index is -0.814. The van der Waals surface area contributed by atoms with Gasteiger partial charge in [-0.2, -0.15) is 0 Å². The van der Waals surface area contributed by atoms with Gasteiger partial charge in [0, 0.05) is 13.1 Å². The molecule has 19 heavy (non-hydrogen) atoms. The molecule has 1 N–H and O–H groups in total. The summed E-state index contributed by atoms with van der Waals surface area (Å²) in [7, 11) is 3.20. The van der Waals surface area contributed by atoms with Crippen molar-refractivity contribution in [3.8, 4) is 11.5 Å². The van der Waals surface area contributed by atoms with Crippen molar-refractivity contribution in [2.45, 2.75) is 18.9 Å². The maximum Gasteiger partial charge on any atom is 0.251 e. The van der Waals surface area contributed by atoms with Crippen LogP contribution in [0.25, 0.3) is 0 Å². The Bertz CT molecular complexity index is 461. The number of rotatable bonds is 5. The highest BCUT2D eigenvalue weighted by Crippen LogP contribution is 2.27. The van der Waals surface area contributed by atoms with Crippen LogP contribution >= 0.6 is 0 Å². The Morgan fingerprint density at radius 2 is 2.05 bits per heavy atom. The number of hydrogen-bond acceptors (Lipinski definition) is 4. The van der Waals surface area contributed by atoms with Crippen LogP contribution in [-0.2, 0) is 11.2 Å². The minimum Gasteiger partial charge on any atom is -0.493 e. The van der Waals surface area contributed by atoms with Gasteiger partial charge < -0.3 is 19.5 Å². The van der Waals surface area contributed by atoms with Crippen LogP contribution in [0, 0.1) is 0 Å². The second-order valence-corrected chi connectivity index (χ2v) is 4.57. The summed E-state index contributed by atoms with van der Waals surface area (Å²) >= 11 is 0. The van der Waals surface area contributed by atoms with Gasteiger partial charge in [-0.1, -0.05) is 6.07 Å². The first-order valence-electron chi connectivity index (χ1n) is 6.33. The Balaban J connectivity index is 1.98. The number of methoxy groups -OCH3 is 2. The normalized spacial score (nSPS) is 18.8. The Morgan fingerprint density at radius 3 is 2.63 bits per heavy atom. The number of nitrogens with zero attached hydrogens (tertiary/aromatic N) is 1. The van der Waals surface area contributed by atoms with Crippen molar-refractivity contribution in [1.29, 1.82) is 0 Å². The molecule has 0 spiro atoms. The number of likely N-dealkylation sites (tertiary alicyclic amines) is 1. The zero-order valence-electron chi connectivity index (χ0n) is 11.3. The third-order valence-electron chi connectivity index (χ3n) is 3.39. The van der Waals surface area contributed by atoms with E-state index in [1.807, 2.05) is 18.2 Å². The topological polar surface area (TPSA) is 59.0 Å². The van der Waals surface area contributed by atoms with Crippen molar-refractivity contribution in [3.63, 3.8) is 0 Å². The molecule has 1 fully saturated rings. The van der Waals surface area contributed by atoms with Crippen LogP contribution in [0.2, 0.25) is 0 Å². The van der Waals surface area contributed by atoms with Gasteiger partial charge in [-0.25, -0.2) is 0 Å². The molecule has 1 heterocycles. The molecule has 1 aromatic rings. The summed E-state index contributed by atoms with van der Waals surface area (Å²) in [6, 6.07) is 5.73. The van der Waals surface area contributed by atoms with E-state index in [1.165, 1.54) is 0 Å². The highest BCUT2D eigenvalue weighted by molar-refractivity contribution is 5.82. The molecule has 1 atom stereocenters. The van der Waals surface area contributed by atoms with Crippen LogP contribution < -0.4 is 9.47 Å². The lowest BCUT2D eigenvalue weighted by Crippen LogP contribution is -2.31. The van der Waals surface area contributed by atoms with Gasteiger partial charge in [0.05, 0.1) is 14.2 Å². The zero-order valence-corrected chi connectivity index (χ0v) is 11.3. The second kappa shape index (κ2) is 5.93. The number of benzene rings is 1. The molecule has 1 aliphatic heterocycles. The molecule has 2 rings (SSSR count). The number of carbonyl (C=O) groups is 1. The van der Waals surface area contributed by atoms with Gasteiger partial charge in [0.2, 0.25) is 0 Å². The summed E-state index contributed by atoms with van der Waals surface area (Å²) in [5, 5.41) is 9.39. The fourth-order valence-corrected chi connectivity index (χ4v) is 2.24. The first-order chi connectivity index (χ1) is 9.15. The van der Waals surface area contributed by atoms with Crippen molar-refractivity contribution < 1.29 is 19.4 Å². The molecule has 1 saturated heterocycles. The Labute approximate surface area is 112 Å². The van der Waals surface area contributed by atoms with E-state index >= 15 is 0 Å². The molecular formula is C14H19NO4. The summed E-state index contributed by atoms with van der Waals surface area (Å²) in [5.74, 6) is 1.21. The molecule has 5 heteroatoms. The number of carbonyl (C=O) groups excluding carboxylic acids is 1. The molecule has 104 valence electrons. The van der Waals surface area contributed by atoms with Gasteiger partial charge in [0.1, 0.15) is 6.10 Å². The van der Waals surface area contributed by atoms with Crippen molar-refractivity contribution in [2.24, 2.45) is 0 Å². The number of amides is 1. The molecule has 0 radical (unpaired) electrons. The van der Waals surface area contributed by atoms with Crippen molar-refractivity contribution in [3.05, 3.63) is 23.8 Å². The molecular weight excluding hydrogens is 246 g/mol. The number of aliphatic hydroxyl groups excluding tert-OH is 1. The first kappa shape index (κ1) is 13.7. The van der Waals surface area contributed by atoms with Crippen LogP contribution in [-0.4, -0.2) is 49.3 Å². The van der Waals surface area contributed by atoms with Gasteiger partial charge in [-0.15, -0.1) is 0 Å². The standard InChI is InChI=1S/C14H19NO4/c1-18-12-4-3-10(9-13(12)19-2)5-7-15-8-6-11(16)14(15)17/h3-4,9,11,16H,5-8H2,1-2H3. The van der Waals surface area contributed by atoms with Crippen LogP contribution in [0.15, 0.2) is 18.2 Å². The van der Waals surface area contributed by atoms with E-state index in [0.717, 1.165) is 12.0 Å². The highest BCUT2D eigenvalue weighted by atomic mass is 16.5. The predicted octanol–water partition coefficient (Wildman–Crippen LogP) is 0.839. The molecule has 0 aliphatic carbocycles. The summed E-state index contributed by atoms with van der Waals surface area (Å²) in [6.45, 7) is 1.25. The number of aliphatic hydroxyl groups is 1. The molecule has 0 bridgehead atoms. The second-order valence-electron chi connectivity index (χ2n) is 4.57. The Kier molecular flexibility index (Phi) is 4.27. The van der Waals surface area contributed by atoms with Crippen LogP contribution in [0.5, 0.6) is 11.5 Å². The average Bonchev–Trinajstić information content (AvgIpc) is 2.76. The van der Waals surface area contributed by atoms with E-state index in [2.05, 4.69) is 0 Å². The summed E-state index contributed by atoms with van der Waals surface area (Å²) < 4.78 is 10.4. The van der Waals surface area contributed by atoms with Crippen molar-refractivity contribution >= 4 is 5.91 Å². The summed E-state index contributed by atoms with van der Waals surface area (Å²) in [4.78, 5) is 13.3. The molecule has 1 amide bonds. The van der Waals surface area contributed by atoms with E-state index in [4.69, 9.17) is 9.47 Å². The lowest BCUT2D eigenvalue weighted by atomic mass is 10.1. The maximum absolute atomic E-state index is 11.6. The minimum absolute atomic E-state index is 0.166. The lowest BCUT2D eigenvalue weighted by molar-refractivity contribution is -0.134. The fourth-order valence-electron chi connectivity index (χ4n) is 2.24. The van der Waals surface area contributed by atoms with E-state index in [0.29, 0.717) is 31.0 Å². The first-order valence-corrected chi connectivity index (χ1v) is 6.33. The van der Waals surface area contributed by atoms with Gasteiger partial charge in [-0.3, -0.25) is 4.79 Å². The van der Waals surface area contributed by atoms with Crippen LogP contribution in [0.1, 0.15) is 12.0 Å². The van der Waals surface area contributed by atoms with E-state index in [1.54, 1.807) is 19.1 Å². The molecule has 0 saturated carbocycles. The molecule has 0 aromatic heterocycles. The van der Waals surface area contributed by atoms with E-state index < -0.39 is 6.10 Å². The zero-order chi connectivity index (χ0) is 13.8. The van der Waals surface area contributed by atoms with Crippen molar-refractivity contribution in [1.82, 2.24) is 4.90 Å². The number of ether oxygens (including phenoxy) is 2. The summed E-state index contributed by atoms with van der Waals surface area (Å²) in [6.07, 6.45) is 0.453. The maximum atomic E-state index is 11.6. The van der Waals surface area contributed by atoms with Crippen LogP contribution in [0.4, 0.5) is 0 Å². The van der Waals surface area contributed by atoms with Gasteiger partial charge in [0.25, 0.3) is 5.91 Å². The Morgan fingerprint density at radius 1 is 1.32 bits per heavy atom. The molecule has 1 aromatic carbocycles. The third kappa shape index (κ3) is 2.98. The fraction of sp³-hybridized carbons (Fsp3) is 0.500. The summed E-state index contributed by atoms with van der Waals surface area (Å²) in [5.41, 5.74) is 1.08. The molecule has 5 nitrogen and oxygen atoms in total. The third-order valence-corrected chi connectivity index (χ3v) is 3.39. The predicted molar refractivity (Wildman–Crippen MR) is 70.5 cm³/mol. The molecule has 1 aliphatic rings. The smallest absolute Gasteiger partial charge is 0.251 e. The van der Waals surface area contributed by atoms with Gasteiger partial charge in [0.15, 0.2) is 11.5 Å². The van der Waals surface area contributed by atoms with Gasteiger partial charge >= 0.3 is 0 Å². The highest BCUT2D eigenvalue weighted by Gasteiger charge is 2.29. The van der Waals surface area contributed by atoms with E-state index in [-0.39, 0.29) is 5.91 Å². The lowest BCUT2D eigenvalue weighted by Gasteiger charge is -2.16. The van der Waals surface area contributed by atoms with E-state index in [9.17, 15) is 9.90 Å². The SMILES string of the molecule is COc1ccc(CCN2CCC(O)C2=O)cc1OC. The monoisotopic (exact) mass is 265 g/mol. The molecule has 1 unspecified atom stereocenters. The quantitative estimate of drug-likeness (QED) is 0.857. The average molecular weight is 265 g/mol. The van der Waals surface area contributed by atoms with Crippen LogP contribution in [0.3, 0.4) is 0 Å². The number of hydrogen-bond donors (Lipinski definition) is 1. The van der Waals surface area contributed by atoms with Gasteiger partial charge in [-0.05, 0) is 30.5 Å². The Hall–Kier alpha value is -1.75. The van der Waals surface area contributed by atoms with Crippen molar-refractivity contribution in [2.75, 3.05) is 27.3 Å². The largest absolute Gasteiger partial charge is 0.493 e.